The summed E-state index contributed by atoms with van der Waals surface area (Å²) in [5, 5.41) is 9.46. The minimum absolute atomic E-state index is 0.209. The highest BCUT2D eigenvalue weighted by Gasteiger charge is 2.33. The second-order valence-corrected chi connectivity index (χ2v) is 6.54. The van der Waals surface area contributed by atoms with Crippen LogP contribution >= 0.6 is 0 Å². The van der Waals surface area contributed by atoms with E-state index in [0.717, 1.165) is 25.5 Å². The van der Waals surface area contributed by atoms with Crippen molar-refractivity contribution in [2.45, 2.75) is 32.1 Å². The van der Waals surface area contributed by atoms with Crippen molar-refractivity contribution in [1.82, 2.24) is 16.0 Å². The summed E-state index contributed by atoms with van der Waals surface area (Å²) >= 11 is 0. The van der Waals surface area contributed by atoms with E-state index in [1.807, 2.05) is 0 Å². The van der Waals surface area contributed by atoms with E-state index in [2.05, 4.69) is 20.9 Å². The van der Waals surface area contributed by atoms with Gasteiger partial charge in [0.1, 0.15) is 0 Å². The first-order valence-corrected chi connectivity index (χ1v) is 8.94. The summed E-state index contributed by atoms with van der Waals surface area (Å²) in [5.74, 6) is 0.874. The molecule has 0 aliphatic heterocycles. The molecule has 1 amide bonds. The third-order valence-corrected chi connectivity index (χ3v) is 4.80. The van der Waals surface area contributed by atoms with Crippen molar-refractivity contribution in [2.75, 3.05) is 40.4 Å². The van der Waals surface area contributed by atoms with Crippen molar-refractivity contribution in [2.24, 2.45) is 10.4 Å². The molecule has 0 unspecified atom stereocenters. The fourth-order valence-electron chi connectivity index (χ4n) is 3.30. The smallest absolute Gasteiger partial charge is 0.287 e. The fraction of sp³-hybridized carbons (Fsp3) is 0.667. The maximum atomic E-state index is 11.8. The molecule has 1 aliphatic carbocycles. The number of ether oxygens (including phenoxy) is 1. The molecule has 1 aromatic heterocycles. The molecule has 0 aromatic carbocycles. The molecule has 140 valence electrons. The maximum absolute atomic E-state index is 11.8. The van der Waals surface area contributed by atoms with Crippen LogP contribution in [0.3, 0.4) is 0 Å². The van der Waals surface area contributed by atoms with Gasteiger partial charge in [-0.25, -0.2) is 0 Å². The quantitative estimate of drug-likeness (QED) is 0.359. The van der Waals surface area contributed by atoms with Crippen LogP contribution in [0.5, 0.6) is 0 Å². The molecule has 0 bridgehead atoms. The first-order valence-electron chi connectivity index (χ1n) is 8.94. The van der Waals surface area contributed by atoms with E-state index in [1.54, 1.807) is 26.3 Å². The Hall–Kier alpha value is -2.02. The van der Waals surface area contributed by atoms with Gasteiger partial charge in [0.25, 0.3) is 5.91 Å². The molecule has 1 fully saturated rings. The van der Waals surface area contributed by atoms with Crippen molar-refractivity contribution in [1.29, 1.82) is 0 Å². The second-order valence-electron chi connectivity index (χ2n) is 6.54. The summed E-state index contributed by atoms with van der Waals surface area (Å²) < 4.78 is 10.3. The highest BCUT2D eigenvalue weighted by Crippen LogP contribution is 2.40. The monoisotopic (exact) mass is 350 g/mol. The van der Waals surface area contributed by atoms with Crippen LogP contribution in [0.25, 0.3) is 0 Å². The molecule has 25 heavy (non-hydrogen) atoms. The molecular formula is C18H30N4O3. The topological polar surface area (TPSA) is 87.9 Å². The number of guanidine groups is 1. The van der Waals surface area contributed by atoms with Crippen LogP contribution in [-0.4, -0.2) is 52.3 Å². The average Bonchev–Trinajstić information content (AvgIpc) is 3.32. The standard InChI is InChI=1S/C18H30N4O3/c1-19-17(21-11-10-20-16(23)15-6-5-12-25-15)22-14-18(9-13-24-2)7-3-4-8-18/h5-6,12H,3-4,7-11,13-14H2,1-2H3,(H,20,23)(H2,19,21,22). The van der Waals surface area contributed by atoms with Gasteiger partial charge in [0.15, 0.2) is 11.7 Å². The van der Waals surface area contributed by atoms with Crippen molar-refractivity contribution < 1.29 is 13.9 Å². The molecule has 7 heteroatoms. The van der Waals surface area contributed by atoms with Gasteiger partial charge in [-0.1, -0.05) is 12.8 Å². The van der Waals surface area contributed by atoms with Crippen molar-refractivity contribution in [3.8, 4) is 0 Å². The lowest BCUT2D eigenvalue weighted by molar-refractivity contribution is 0.0926. The van der Waals surface area contributed by atoms with Crippen LogP contribution in [0, 0.1) is 5.41 Å². The summed E-state index contributed by atoms with van der Waals surface area (Å²) in [6.45, 7) is 2.79. The van der Waals surface area contributed by atoms with Crippen LogP contribution in [0.2, 0.25) is 0 Å². The number of carbonyl (C=O) groups excluding carboxylic acids is 1. The summed E-state index contributed by atoms with van der Waals surface area (Å²) in [4.78, 5) is 16.0. The number of aliphatic imine (C=N–C) groups is 1. The Bertz CT molecular complexity index is 537. The molecule has 0 spiro atoms. The van der Waals surface area contributed by atoms with Crippen molar-refractivity contribution in [3.05, 3.63) is 24.2 Å². The van der Waals surface area contributed by atoms with Gasteiger partial charge in [-0.3, -0.25) is 9.79 Å². The molecule has 0 saturated heterocycles. The van der Waals surface area contributed by atoms with E-state index >= 15 is 0 Å². The molecule has 1 saturated carbocycles. The normalized spacial score (nSPS) is 16.6. The number of nitrogens with zero attached hydrogens (tertiary/aromatic N) is 1. The van der Waals surface area contributed by atoms with Gasteiger partial charge < -0.3 is 25.1 Å². The molecule has 1 heterocycles. The lowest BCUT2D eigenvalue weighted by Crippen LogP contribution is -2.45. The van der Waals surface area contributed by atoms with E-state index in [9.17, 15) is 4.79 Å². The summed E-state index contributed by atoms with van der Waals surface area (Å²) in [6, 6.07) is 3.34. The lowest BCUT2D eigenvalue weighted by Gasteiger charge is -2.30. The minimum atomic E-state index is -0.209. The number of hydrogen-bond acceptors (Lipinski definition) is 4. The molecule has 0 atom stereocenters. The first kappa shape index (κ1) is 19.3. The van der Waals surface area contributed by atoms with Gasteiger partial charge >= 0.3 is 0 Å². The zero-order valence-corrected chi connectivity index (χ0v) is 15.3. The van der Waals surface area contributed by atoms with Crippen LogP contribution in [0.15, 0.2) is 27.8 Å². The largest absolute Gasteiger partial charge is 0.459 e. The van der Waals surface area contributed by atoms with Gasteiger partial charge in [0, 0.05) is 40.4 Å². The number of rotatable bonds is 9. The predicted octanol–water partition coefficient (Wildman–Crippen LogP) is 1.77. The minimum Gasteiger partial charge on any atom is -0.459 e. The summed E-state index contributed by atoms with van der Waals surface area (Å²) in [7, 11) is 3.51. The molecule has 2 rings (SSSR count). The van der Waals surface area contributed by atoms with Gasteiger partial charge in [0.2, 0.25) is 0 Å². The number of methoxy groups -OCH3 is 1. The zero-order chi connectivity index (χ0) is 18.0. The van der Waals surface area contributed by atoms with E-state index in [-0.39, 0.29) is 5.91 Å². The van der Waals surface area contributed by atoms with E-state index in [0.29, 0.717) is 24.3 Å². The number of nitrogens with one attached hydrogen (secondary N) is 3. The van der Waals surface area contributed by atoms with E-state index in [1.165, 1.54) is 31.9 Å². The predicted molar refractivity (Wildman–Crippen MR) is 97.8 cm³/mol. The third-order valence-electron chi connectivity index (χ3n) is 4.80. The molecule has 7 nitrogen and oxygen atoms in total. The van der Waals surface area contributed by atoms with Crippen LogP contribution in [0.1, 0.15) is 42.7 Å². The van der Waals surface area contributed by atoms with Gasteiger partial charge in [0.05, 0.1) is 6.26 Å². The summed E-state index contributed by atoms with van der Waals surface area (Å²) in [5.41, 5.74) is 0.307. The Labute approximate surface area is 149 Å². The van der Waals surface area contributed by atoms with Gasteiger partial charge in [-0.15, -0.1) is 0 Å². The second kappa shape index (κ2) is 10.1. The Morgan fingerprint density at radius 1 is 1.28 bits per heavy atom. The zero-order valence-electron chi connectivity index (χ0n) is 15.3. The molecule has 3 N–H and O–H groups in total. The van der Waals surface area contributed by atoms with Crippen LogP contribution < -0.4 is 16.0 Å². The number of hydrogen-bond donors (Lipinski definition) is 3. The Morgan fingerprint density at radius 2 is 2.04 bits per heavy atom. The van der Waals surface area contributed by atoms with Gasteiger partial charge in [-0.2, -0.15) is 0 Å². The SMILES string of the molecule is CN=C(NCCNC(=O)c1ccco1)NCC1(CCOC)CCCC1. The Balaban J connectivity index is 1.68. The fourth-order valence-corrected chi connectivity index (χ4v) is 3.30. The van der Waals surface area contributed by atoms with Crippen molar-refractivity contribution in [3.63, 3.8) is 0 Å². The Kier molecular flexibility index (Phi) is 7.78. The lowest BCUT2D eigenvalue weighted by atomic mass is 9.83. The first-order chi connectivity index (χ1) is 12.2. The molecule has 1 aliphatic rings. The van der Waals surface area contributed by atoms with Gasteiger partial charge in [-0.05, 0) is 36.8 Å². The van der Waals surface area contributed by atoms with E-state index < -0.39 is 0 Å². The number of carbonyl (C=O) groups is 1. The maximum Gasteiger partial charge on any atom is 0.287 e. The number of furan rings is 1. The van der Waals surface area contributed by atoms with Crippen molar-refractivity contribution >= 4 is 11.9 Å². The molecule has 1 aromatic rings. The molecular weight excluding hydrogens is 320 g/mol. The van der Waals surface area contributed by atoms with E-state index in [4.69, 9.17) is 9.15 Å². The van der Waals surface area contributed by atoms with Crippen LogP contribution in [-0.2, 0) is 4.74 Å². The van der Waals surface area contributed by atoms with Crippen LogP contribution in [0.4, 0.5) is 0 Å². The number of amides is 1. The third kappa shape index (κ3) is 6.08. The summed E-state index contributed by atoms with van der Waals surface area (Å²) in [6.07, 6.45) is 7.61. The highest BCUT2D eigenvalue weighted by atomic mass is 16.5. The molecule has 0 radical (unpaired) electrons. The highest BCUT2D eigenvalue weighted by molar-refractivity contribution is 5.91. The average molecular weight is 350 g/mol. The Morgan fingerprint density at radius 3 is 2.68 bits per heavy atom.